The molecule has 0 aromatic carbocycles. The molecule has 0 aromatic heterocycles. The number of hydrogen-bond donors (Lipinski definition) is 3. The number of aliphatic hydroxyl groups excluding tert-OH is 1. The van der Waals surface area contributed by atoms with Crippen molar-refractivity contribution < 1.29 is 14.1 Å². The van der Waals surface area contributed by atoms with Crippen molar-refractivity contribution in [3.8, 4) is 0 Å². The quantitative estimate of drug-likeness (QED) is 0.506. The second kappa shape index (κ2) is 3.06. The fourth-order valence-electron chi connectivity index (χ4n) is 0.944. The van der Waals surface area contributed by atoms with Crippen LogP contribution in [0.3, 0.4) is 0 Å². The van der Waals surface area contributed by atoms with E-state index in [2.05, 4.69) is 4.72 Å². The monoisotopic (exact) mass is 180 g/mol. The van der Waals surface area contributed by atoms with Gasteiger partial charge in [0, 0.05) is 6.26 Å². The van der Waals surface area contributed by atoms with Crippen LogP contribution < -0.4 is 4.72 Å². The summed E-state index contributed by atoms with van der Waals surface area (Å²) in [5.41, 5.74) is 0. The van der Waals surface area contributed by atoms with Crippen molar-refractivity contribution in [3.63, 3.8) is 0 Å². The molecule has 0 bridgehead atoms. The molecular weight excluding hydrogens is 168 g/mol. The Morgan fingerprint density at radius 3 is 2.73 bits per heavy atom. The van der Waals surface area contributed by atoms with Gasteiger partial charge in [0.15, 0.2) is 0 Å². The molecule has 1 heterocycles. The maximum absolute atomic E-state index is 10.9. The zero-order valence-corrected chi connectivity index (χ0v) is 7.06. The summed E-state index contributed by atoms with van der Waals surface area (Å²) in [7, 11) is -2.73. The molecule has 6 heteroatoms. The first-order valence-electron chi connectivity index (χ1n) is 3.26. The first-order chi connectivity index (χ1) is 4.99. The van der Waals surface area contributed by atoms with Crippen LogP contribution in [-0.2, 0) is 14.7 Å². The number of nitrogens with one attached hydrogen (secondary N) is 2. The fraction of sp³-hybridized carbons (Fsp3) is 1.00. The highest BCUT2D eigenvalue weighted by molar-refractivity contribution is 7.89. The van der Waals surface area contributed by atoms with Gasteiger partial charge >= 0.3 is 0 Å². The standard InChI is InChI=1S/C5H12N2O3S/c1-11(6,9)7-4-2-10-3-5(4)8/h4-5,8H,2-3H2,1H3,(H2,6,7,9)/t4-,5-,11?/m1/s1. The lowest BCUT2D eigenvalue weighted by Crippen LogP contribution is -2.41. The smallest absolute Gasteiger partial charge is 0.102 e. The van der Waals surface area contributed by atoms with Crippen molar-refractivity contribution in [2.75, 3.05) is 19.5 Å². The van der Waals surface area contributed by atoms with Crippen LogP contribution in [0.15, 0.2) is 0 Å². The Balaban J connectivity index is 2.50. The van der Waals surface area contributed by atoms with Crippen LogP contribution in [0.4, 0.5) is 0 Å². The van der Waals surface area contributed by atoms with Crippen molar-refractivity contribution in [2.24, 2.45) is 0 Å². The van der Waals surface area contributed by atoms with E-state index in [0.717, 1.165) is 0 Å². The SMILES string of the molecule is CS(=N)(=O)N[C@@H]1COC[C@H]1O. The number of rotatable bonds is 2. The van der Waals surface area contributed by atoms with Crippen molar-refractivity contribution >= 4 is 9.92 Å². The molecule has 0 amide bonds. The van der Waals surface area contributed by atoms with Crippen LogP contribution in [0.25, 0.3) is 0 Å². The molecule has 0 radical (unpaired) electrons. The van der Waals surface area contributed by atoms with Gasteiger partial charge < -0.3 is 9.84 Å². The van der Waals surface area contributed by atoms with E-state index in [1.165, 1.54) is 6.26 Å². The molecule has 66 valence electrons. The van der Waals surface area contributed by atoms with E-state index in [1.807, 2.05) is 0 Å². The van der Waals surface area contributed by atoms with E-state index in [4.69, 9.17) is 14.6 Å². The molecule has 3 atom stereocenters. The van der Waals surface area contributed by atoms with E-state index in [-0.39, 0.29) is 12.6 Å². The summed E-state index contributed by atoms with van der Waals surface area (Å²) in [6.07, 6.45) is 0.638. The highest BCUT2D eigenvalue weighted by atomic mass is 32.2. The molecule has 1 aliphatic heterocycles. The highest BCUT2D eigenvalue weighted by Crippen LogP contribution is 2.05. The van der Waals surface area contributed by atoms with Gasteiger partial charge in [-0.2, -0.15) is 0 Å². The largest absolute Gasteiger partial charge is 0.389 e. The minimum absolute atomic E-state index is 0.257. The van der Waals surface area contributed by atoms with Crippen LogP contribution >= 0.6 is 0 Å². The van der Waals surface area contributed by atoms with Crippen LogP contribution in [0, 0.1) is 4.78 Å². The molecule has 5 nitrogen and oxygen atoms in total. The van der Waals surface area contributed by atoms with E-state index >= 15 is 0 Å². The number of aliphatic hydroxyl groups is 1. The van der Waals surface area contributed by atoms with Crippen molar-refractivity contribution in [2.45, 2.75) is 12.1 Å². The molecule has 3 N–H and O–H groups in total. The first kappa shape index (κ1) is 8.92. The Morgan fingerprint density at radius 1 is 1.73 bits per heavy atom. The molecule has 0 aromatic rings. The fourth-order valence-corrected chi connectivity index (χ4v) is 1.75. The Hall–Kier alpha value is -0.170. The maximum atomic E-state index is 10.9. The van der Waals surface area contributed by atoms with Gasteiger partial charge in [-0.3, -0.25) is 0 Å². The molecule has 1 fully saturated rings. The zero-order valence-electron chi connectivity index (χ0n) is 6.24. The average Bonchev–Trinajstić information content (AvgIpc) is 2.12. The lowest BCUT2D eigenvalue weighted by atomic mass is 10.2. The third-order valence-corrected chi connectivity index (χ3v) is 2.18. The Bertz CT molecular complexity index is 226. The summed E-state index contributed by atoms with van der Waals surface area (Å²) in [6, 6.07) is -0.356. The van der Waals surface area contributed by atoms with Crippen molar-refractivity contribution in [1.29, 1.82) is 4.78 Å². The summed E-state index contributed by atoms with van der Waals surface area (Å²) in [6.45, 7) is 0.581. The molecule has 1 unspecified atom stereocenters. The van der Waals surface area contributed by atoms with Gasteiger partial charge in [-0.05, 0) is 0 Å². The van der Waals surface area contributed by atoms with E-state index in [1.54, 1.807) is 0 Å². The Labute approximate surface area is 65.9 Å². The first-order valence-corrected chi connectivity index (χ1v) is 5.22. The topological polar surface area (TPSA) is 82.4 Å². The number of hydrogen-bond acceptors (Lipinski definition) is 4. The maximum Gasteiger partial charge on any atom is 0.102 e. The molecule has 1 aliphatic rings. The van der Waals surface area contributed by atoms with Crippen LogP contribution in [-0.4, -0.2) is 40.9 Å². The molecular formula is C5H12N2O3S. The summed E-state index contributed by atoms with van der Waals surface area (Å²) in [5, 5.41) is 9.16. The van der Waals surface area contributed by atoms with E-state index < -0.39 is 16.0 Å². The van der Waals surface area contributed by atoms with Gasteiger partial charge in [0.1, 0.15) is 9.92 Å². The third kappa shape index (κ3) is 2.74. The summed E-state index contributed by atoms with van der Waals surface area (Å²) in [4.78, 5) is 0. The van der Waals surface area contributed by atoms with Crippen LogP contribution in [0.1, 0.15) is 0 Å². The van der Waals surface area contributed by atoms with Crippen LogP contribution in [0.2, 0.25) is 0 Å². The molecule has 0 saturated carbocycles. The zero-order chi connectivity index (χ0) is 8.48. The number of ether oxygens (including phenoxy) is 1. The van der Waals surface area contributed by atoms with Gasteiger partial charge in [0.05, 0.1) is 25.4 Å². The van der Waals surface area contributed by atoms with E-state index in [9.17, 15) is 4.21 Å². The highest BCUT2D eigenvalue weighted by Gasteiger charge is 2.27. The van der Waals surface area contributed by atoms with Gasteiger partial charge in [0.25, 0.3) is 0 Å². The van der Waals surface area contributed by atoms with Crippen molar-refractivity contribution in [1.82, 2.24) is 4.72 Å². The second-order valence-electron chi connectivity index (χ2n) is 2.67. The molecule has 11 heavy (non-hydrogen) atoms. The van der Waals surface area contributed by atoms with Crippen LogP contribution in [0.5, 0.6) is 0 Å². The average molecular weight is 180 g/mol. The second-order valence-corrected chi connectivity index (χ2v) is 4.60. The third-order valence-electron chi connectivity index (χ3n) is 1.43. The van der Waals surface area contributed by atoms with Gasteiger partial charge in [-0.1, -0.05) is 0 Å². The lowest BCUT2D eigenvalue weighted by Gasteiger charge is -2.13. The predicted molar refractivity (Wildman–Crippen MR) is 40.5 cm³/mol. The summed E-state index contributed by atoms with van der Waals surface area (Å²) >= 11 is 0. The van der Waals surface area contributed by atoms with Gasteiger partial charge in [0.2, 0.25) is 0 Å². The summed E-state index contributed by atoms with van der Waals surface area (Å²) in [5.74, 6) is 0. The predicted octanol–water partition coefficient (Wildman–Crippen LogP) is -1.07. The lowest BCUT2D eigenvalue weighted by molar-refractivity contribution is 0.124. The molecule has 1 rings (SSSR count). The normalized spacial score (nSPS) is 36.9. The molecule has 0 aliphatic carbocycles. The van der Waals surface area contributed by atoms with Gasteiger partial charge in [-0.25, -0.2) is 13.7 Å². The van der Waals surface area contributed by atoms with E-state index in [0.29, 0.717) is 6.61 Å². The van der Waals surface area contributed by atoms with Crippen molar-refractivity contribution in [3.05, 3.63) is 0 Å². The Kier molecular flexibility index (Phi) is 2.48. The minimum atomic E-state index is -2.73. The molecule has 1 saturated heterocycles. The Morgan fingerprint density at radius 2 is 2.36 bits per heavy atom. The van der Waals surface area contributed by atoms with Gasteiger partial charge in [-0.15, -0.1) is 0 Å². The molecule has 0 spiro atoms. The summed E-state index contributed by atoms with van der Waals surface area (Å²) < 4.78 is 25.3. The minimum Gasteiger partial charge on any atom is -0.389 e.